The Morgan fingerprint density at radius 2 is 1.94 bits per heavy atom. The summed E-state index contributed by atoms with van der Waals surface area (Å²) >= 11 is 12.2. The van der Waals surface area contributed by atoms with Crippen LogP contribution in [0.2, 0.25) is 10.0 Å². The third-order valence-electron chi connectivity index (χ3n) is 3.02. The van der Waals surface area contributed by atoms with E-state index in [0.717, 1.165) is 37.2 Å². The Bertz CT molecular complexity index is 376. The number of ether oxygens (including phenoxy) is 1. The average molecular weight is 260 g/mol. The topological polar surface area (TPSA) is 21.3 Å². The number of nitrogens with one attached hydrogen (secondary N) is 1. The van der Waals surface area contributed by atoms with Gasteiger partial charge in [0.2, 0.25) is 0 Å². The highest BCUT2D eigenvalue weighted by atomic mass is 35.5. The smallest absolute Gasteiger partial charge is 0.141 e. The van der Waals surface area contributed by atoms with Crippen LogP contribution in [0.4, 0.5) is 0 Å². The minimum Gasteiger partial charge on any atom is -0.495 e. The maximum Gasteiger partial charge on any atom is 0.141 e. The fourth-order valence-corrected chi connectivity index (χ4v) is 2.82. The van der Waals surface area contributed by atoms with E-state index in [1.807, 2.05) is 6.07 Å². The van der Waals surface area contributed by atoms with Gasteiger partial charge in [0.15, 0.2) is 0 Å². The number of hydrogen-bond donors (Lipinski definition) is 1. The largest absolute Gasteiger partial charge is 0.495 e. The molecule has 0 radical (unpaired) electrons. The van der Waals surface area contributed by atoms with Crippen LogP contribution in [-0.4, -0.2) is 20.2 Å². The van der Waals surface area contributed by atoms with Crippen molar-refractivity contribution in [1.29, 1.82) is 0 Å². The van der Waals surface area contributed by atoms with Crippen LogP contribution in [0.1, 0.15) is 24.3 Å². The van der Waals surface area contributed by atoms with Crippen molar-refractivity contribution in [2.24, 2.45) is 0 Å². The minimum absolute atomic E-state index is 0.493. The predicted molar refractivity (Wildman–Crippen MR) is 67.9 cm³/mol. The Hall–Kier alpha value is -0.440. The van der Waals surface area contributed by atoms with E-state index in [1.165, 1.54) is 0 Å². The summed E-state index contributed by atoms with van der Waals surface area (Å²) in [6.07, 6.45) is 2.21. The van der Waals surface area contributed by atoms with Crippen LogP contribution in [0.5, 0.6) is 5.75 Å². The number of benzene rings is 1. The lowest BCUT2D eigenvalue weighted by Gasteiger charge is -2.25. The molecule has 1 aliphatic heterocycles. The van der Waals surface area contributed by atoms with Gasteiger partial charge in [0.1, 0.15) is 5.75 Å². The molecule has 0 saturated carbocycles. The second kappa shape index (κ2) is 5.26. The molecule has 0 atom stereocenters. The van der Waals surface area contributed by atoms with Crippen molar-refractivity contribution in [1.82, 2.24) is 5.32 Å². The monoisotopic (exact) mass is 259 g/mol. The van der Waals surface area contributed by atoms with E-state index in [1.54, 1.807) is 13.2 Å². The molecule has 0 aromatic heterocycles. The molecule has 0 bridgehead atoms. The van der Waals surface area contributed by atoms with Gasteiger partial charge in [-0.2, -0.15) is 0 Å². The second-order valence-corrected chi connectivity index (χ2v) is 4.88. The molecule has 1 heterocycles. The summed E-state index contributed by atoms with van der Waals surface area (Å²) < 4.78 is 5.37. The summed E-state index contributed by atoms with van der Waals surface area (Å²) in [5.41, 5.74) is 1.14. The van der Waals surface area contributed by atoms with Gasteiger partial charge in [-0.15, -0.1) is 0 Å². The van der Waals surface area contributed by atoms with Crippen molar-refractivity contribution in [2.75, 3.05) is 20.2 Å². The zero-order valence-electron chi connectivity index (χ0n) is 9.22. The zero-order valence-corrected chi connectivity index (χ0v) is 10.7. The molecule has 1 aromatic carbocycles. The summed E-state index contributed by atoms with van der Waals surface area (Å²) in [6, 6.07) is 3.70. The van der Waals surface area contributed by atoms with Gasteiger partial charge in [-0.25, -0.2) is 0 Å². The number of halogens is 2. The SMILES string of the molecule is COc1c(Cl)cc(Cl)cc1C1CCNCC1. The van der Waals surface area contributed by atoms with Crippen molar-refractivity contribution < 1.29 is 4.74 Å². The Kier molecular flexibility index (Phi) is 3.95. The van der Waals surface area contributed by atoms with Crippen molar-refractivity contribution in [3.05, 3.63) is 27.7 Å². The van der Waals surface area contributed by atoms with Gasteiger partial charge in [-0.3, -0.25) is 0 Å². The molecular formula is C12H15Cl2NO. The highest BCUT2D eigenvalue weighted by Gasteiger charge is 2.21. The van der Waals surface area contributed by atoms with E-state index in [-0.39, 0.29) is 0 Å². The lowest BCUT2D eigenvalue weighted by atomic mass is 9.89. The standard InChI is InChI=1S/C12H15Cl2NO/c1-16-12-10(6-9(13)7-11(12)14)8-2-4-15-5-3-8/h6-8,15H,2-5H2,1H3. The van der Waals surface area contributed by atoms with E-state index in [0.29, 0.717) is 16.0 Å². The van der Waals surface area contributed by atoms with Gasteiger partial charge in [-0.05, 0) is 44.0 Å². The van der Waals surface area contributed by atoms with Crippen LogP contribution >= 0.6 is 23.2 Å². The van der Waals surface area contributed by atoms with Crippen LogP contribution in [0.15, 0.2) is 12.1 Å². The molecule has 88 valence electrons. The average Bonchev–Trinajstić information content (AvgIpc) is 2.29. The minimum atomic E-state index is 0.493. The first-order valence-electron chi connectivity index (χ1n) is 5.46. The third kappa shape index (κ3) is 2.45. The molecule has 1 aromatic rings. The summed E-state index contributed by atoms with van der Waals surface area (Å²) in [7, 11) is 1.65. The molecule has 2 nitrogen and oxygen atoms in total. The van der Waals surface area contributed by atoms with Crippen LogP contribution in [0.25, 0.3) is 0 Å². The first-order chi connectivity index (χ1) is 7.72. The Morgan fingerprint density at radius 3 is 2.56 bits per heavy atom. The molecule has 0 spiro atoms. The molecule has 1 aliphatic rings. The van der Waals surface area contributed by atoms with Crippen LogP contribution in [0.3, 0.4) is 0 Å². The summed E-state index contributed by atoms with van der Waals surface area (Å²) in [5, 5.41) is 4.62. The van der Waals surface area contributed by atoms with Gasteiger partial charge >= 0.3 is 0 Å². The predicted octanol–water partition coefficient (Wildman–Crippen LogP) is 3.47. The summed E-state index contributed by atoms with van der Waals surface area (Å²) in [5.74, 6) is 1.27. The van der Waals surface area contributed by atoms with E-state index in [2.05, 4.69) is 5.32 Å². The number of hydrogen-bond acceptors (Lipinski definition) is 2. The molecule has 4 heteroatoms. The van der Waals surface area contributed by atoms with Crippen molar-refractivity contribution in [2.45, 2.75) is 18.8 Å². The molecule has 0 amide bonds. The molecule has 1 saturated heterocycles. The first-order valence-corrected chi connectivity index (χ1v) is 6.21. The van der Waals surface area contributed by atoms with E-state index >= 15 is 0 Å². The highest BCUT2D eigenvalue weighted by molar-refractivity contribution is 6.35. The van der Waals surface area contributed by atoms with Crippen molar-refractivity contribution >= 4 is 23.2 Å². The molecule has 0 unspecified atom stereocenters. The molecule has 16 heavy (non-hydrogen) atoms. The summed E-state index contributed by atoms with van der Waals surface area (Å²) in [4.78, 5) is 0. The maximum atomic E-state index is 6.13. The Balaban J connectivity index is 2.36. The lowest BCUT2D eigenvalue weighted by molar-refractivity contribution is 0.392. The van der Waals surface area contributed by atoms with E-state index in [9.17, 15) is 0 Å². The molecule has 1 N–H and O–H groups in total. The quantitative estimate of drug-likeness (QED) is 0.879. The number of methoxy groups -OCH3 is 1. The Labute approximate surface area is 106 Å². The number of rotatable bonds is 2. The van der Waals surface area contributed by atoms with E-state index < -0.39 is 0 Å². The van der Waals surface area contributed by atoms with Gasteiger partial charge in [0.25, 0.3) is 0 Å². The van der Waals surface area contributed by atoms with Crippen molar-refractivity contribution in [3.63, 3.8) is 0 Å². The molecule has 2 rings (SSSR count). The van der Waals surface area contributed by atoms with Gasteiger partial charge < -0.3 is 10.1 Å². The van der Waals surface area contributed by atoms with Crippen molar-refractivity contribution in [3.8, 4) is 5.75 Å². The Morgan fingerprint density at radius 1 is 1.25 bits per heavy atom. The summed E-state index contributed by atoms with van der Waals surface area (Å²) in [6.45, 7) is 2.08. The van der Waals surface area contributed by atoms with Gasteiger partial charge in [0.05, 0.1) is 12.1 Å². The van der Waals surface area contributed by atoms with E-state index in [4.69, 9.17) is 27.9 Å². The second-order valence-electron chi connectivity index (χ2n) is 4.03. The van der Waals surface area contributed by atoms with Gasteiger partial charge in [0, 0.05) is 10.6 Å². The van der Waals surface area contributed by atoms with Crippen LogP contribution in [-0.2, 0) is 0 Å². The lowest BCUT2D eigenvalue weighted by Crippen LogP contribution is -2.26. The molecule has 0 aliphatic carbocycles. The fourth-order valence-electron chi connectivity index (χ4n) is 2.23. The molecule has 1 fully saturated rings. The molecular weight excluding hydrogens is 245 g/mol. The highest BCUT2D eigenvalue weighted by Crippen LogP contribution is 2.39. The third-order valence-corrected chi connectivity index (χ3v) is 3.52. The van der Waals surface area contributed by atoms with Crippen LogP contribution < -0.4 is 10.1 Å². The van der Waals surface area contributed by atoms with Gasteiger partial charge in [-0.1, -0.05) is 23.2 Å². The van der Waals surface area contributed by atoms with Crippen LogP contribution in [0, 0.1) is 0 Å². The fraction of sp³-hybridized carbons (Fsp3) is 0.500. The first kappa shape index (κ1) is 12.0. The normalized spacial score (nSPS) is 17.4. The maximum absolute atomic E-state index is 6.13. The number of piperidine rings is 1. The zero-order chi connectivity index (χ0) is 11.5.